The second-order valence-corrected chi connectivity index (χ2v) is 4.17. The molecule has 0 aromatic heterocycles. The SMILES string of the molecule is CNCC1Cc2c(Cl)cccc2N1C. The van der Waals surface area contributed by atoms with Crippen molar-refractivity contribution in [2.45, 2.75) is 12.5 Å². The molecule has 1 heterocycles. The van der Waals surface area contributed by atoms with Crippen LogP contribution in [0.15, 0.2) is 18.2 Å². The van der Waals surface area contributed by atoms with E-state index in [4.69, 9.17) is 11.6 Å². The summed E-state index contributed by atoms with van der Waals surface area (Å²) in [4.78, 5) is 2.30. The molecule has 0 aliphatic carbocycles. The van der Waals surface area contributed by atoms with Crippen LogP contribution in [0.5, 0.6) is 0 Å². The number of anilines is 1. The summed E-state index contributed by atoms with van der Waals surface area (Å²) in [7, 11) is 4.11. The molecule has 3 heteroatoms. The van der Waals surface area contributed by atoms with Crippen LogP contribution in [0.1, 0.15) is 5.56 Å². The topological polar surface area (TPSA) is 15.3 Å². The van der Waals surface area contributed by atoms with E-state index in [-0.39, 0.29) is 0 Å². The van der Waals surface area contributed by atoms with Crippen LogP contribution in [-0.2, 0) is 6.42 Å². The van der Waals surface area contributed by atoms with E-state index in [0.29, 0.717) is 6.04 Å². The average molecular weight is 211 g/mol. The maximum absolute atomic E-state index is 6.15. The summed E-state index contributed by atoms with van der Waals surface area (Å²) in [5.41, 5.74) is 2.56. The summed E-state index contributed by atoms with van der Waals surface area (Å²) in [6.07, 6.45) is 1.05. The van der Waals surface area contributed by atoms with Gasteiger partial charge in [0.15, 0.2) is 0 Å². The summed E-state index contributed by atoms with van der Waals surface area (Å²) in [5, 5.41) is 4.11. The maximum atomic E-state index is 6.15. The molecule has 1 unspecified atom stereocenters. The molecule has 0 saturated heterocycles. The van der Waals surface area contributed by atoms with E-state index < -0.39 is 0 Å². The second-order valence-electron chi connectivity index (χ2n) is 3.76. The van der Waals surface area contributed by atoms with E-state index in [1.807, 2.05) is 19.2 Å². The van der Waals surface area contributed by atoms with Crippen LogP contribution in [0.3, 0.4) is 0 Å². The summed E-state index contributed by atoms with van der Waals surface area (Å²) in [6, 6.07) is 6.65. The summed E-state index contributed by atoms with van der Waals surface area (Å²) < 4.78 is 0. The molecule has 0 amide bonds. The quantitative estimate of drug-likeness (QED) is 0.803. The fourth-order valence-corrected chi connectivity index (χ4v) is 2.34. The third kappa shape index (κ3) is 1.49. The molecule has 2 rings (SSSR count). The first-order valence-electron chi connectivity index (χ1n) is 4.89. The highest BCUT2D eigenvalue weighted by Gasteiger charge is 2.26. The number of rotatable bonds is 2. The van der Waals surface area contributed by atoms with Crippen molar-refractivity contribution < 1.29 is 0 Å². The zero-order valence-corrected chi connectivity index (χ0v) is 9.30. The van der Waals surface area contributed by atoms with Crippen molar-refractivity contribution in [3.63, 3.8) is 0 Å². The minimum absolute atomic E-state index is 0.537. The lowest BCUT2D eigenvalue weighted by Crippen LogP contribution is -2.36. The molecule has 1 aliphatic rings. The standard InChI is InChI=1S/C11H15ClN2/c1-13-7-8-6-9-10(12)4-3-5-11(9)14(8)2/h3-5,8,13H,6-7H2,1-2H3. The van der Waals surface area contributed by atoms with Gasteiger partial charge in [-0.1, -0.05) is 17.7 Å². The minimum Gasteiger partial charge on any atom is -0.370 e. The fraction of sp³-hybridized carbons (Fsp3) is 0.455. The Morgan fingerprint density at radius 1 is 1.57 bits per heavy atom. The van der Waals surface area contributed by atoms with E-state index in [0.717, 1.165) is 18.0 Å². The average Bonchev–Trinajstić information content (AvgIpc) is 2.48. The van der Waals surface area contributed by atoms with E-state index in [9.17, 15) is 0 Å². The van der Waals surface area contributed by atoms with Gasteiger partial charge >= 0.3 is 0 Å². The number of nitrogens with one attached hydrogen (secondary N) is 1. The van der Waals surface area contributed by atoms with Crippen molar-refractivity contribution in [2.24, 2.45) is 0 Å². The Balaban J connectivity index is 2.30. The highest BCUT2D eigenvalue weighted by atomic mass is 35.5. The van der Waals surface area contributed by atoms with Gasteiger partial charge in [-0.15, -0.1) is 0 Å². The Bertz CT molecular complexity index is 338. The normalized spacial score (nSPS) is 19.9. The molecule has 0 bridgehead atoms. The smallest absolute Gasteiger partial charge is 0.0459 e. The number of hydrogen-bond acceptors (Lipinski definition) is 2. The van der Waals surface area contributed by atoms with Crippen LogP contribution in [0.4, 0.5) is 5.69 Å². The molecular formula is C11H15ClN2. The first-order valence-corrected chi connectivity index (χ1v) is 5.26. The van der Waals surface area contributed by atoms with Gasteiger partial charge in [-0.3, -0.25) is 0 Å². The van der Waals surface area contributed by atoms with Gasteiger partial charge in [0.1, 0.15) is 0 Å². The minimum atomic E-state index is 0.537. The molecule has 2 nitrogen and oxygen atoms in total. The zero-order valence-electron chi connectivity index (χ0n) is 8.55. The molecule has 0 spiro atoms. The molecule has 0 radical (unpaired) electrons. The number of hydrogen-bond donors (Lipinski definition) is 1. The molecule has 1 N–H and O–H groups in total. The molecular weight excluding hydrogens is 196 g/mol. The number of fused-ring (bicyclic) bond motifs is 1. The van der Waals surface area contributed by atoms with E-state index in [1.165, 1.54) is 11.3 Å². The molecule has 76 valence electrons. The van der Waals surface area contributed by atoms with Crippen molar-refractivity contribution in [3.8, 4) is 0 Å². The van der Waals surface area contributed by atoms with E-state index >= 15 is 0 Å². The van der Waals surface area contributed by atoms with E-state index in [1.54, 1.807) is 0 Å². The van der Waals surface area contributed by atoms with Crippen molar-refractivity contribution in [1.29, 1.82) is 0 Å². The van der Waals surface area contributed by atoms with Gasteiger partial charge in [0.2, 0.25) is 0 Å². The van der Waals surface area contributed by atoms with Crippen LogP contribution in [-0.4, -0.2) is 26.7 Å². The lowest BCUT2D eigenvalue weighted by Gasteiger charge is -2.22. The molecule has 1 aromatic rings. The molecule has 1 atom stereocenters. The second kappa shape index (κ2) is 3.79. The maximum Gasteiger partial charge on any atom is 0.0459 e. The van der Waals surface area contributed by atoms with Gasteiger partial charge in [0.05, 0.1) is 0 Å². The Kier molecular flexibility index (Phi) is 2.66. The van der Waals surface area contributed by atoms with E-state index in [2.05, 4.69) is 23.3 Å². The van der Waals surface area contributed by atoms with Gasteiger partial charge in [-0.2, -0.15) is 0 Å². The highest BCUT2D eigenvalue weighted by molar-refractivity contribution is 6.31. The molecule has 0 saturated carbocycles. The molecule has 14 heavy (non-hydrogen) atoms. The molecule has 1 aliphatic heterocycles. The van der Waals surface area contributed by atoms with Crippen molar-refractivity contribution in [3.05, 3.63) is 28.8 Å². The van der Waals surface area contributed by atoms with Crippen molar-refractivity contribution in [1.82, 2.24) is 5.32 Å². The van der Waals surface area contributed by atoms with Gasteiger partial charge in [0, 0.05) is 30.3 Å². The first-order chi connectivity index (χ1) is 6.74. The predicted octanol–water partition coefficient (Wildman–Crippen LogP) is 1.92. The lowest BCUT2D eigenvalue weighted by molar-refractivity contribution is 0.614. The molecule has 1 aromatic carbocycles. The van der Waals surface area contributed by atoms with Crippen LogP contribution < -0.4 is 10.2 Å². The van der Waals surface area contributed by atoms with Crippen LogP contribution in [0.2, 0.25) is 5.02 Å². The highest BCUT2D eigenvalue weighted by Crippen LogP contribution is 2.35. The third-order valence-electron chi connectivity index (χ3n) is 2.90. The summed E-state index contributed by atoms with van der Waals surface area (Å²) in [5.74, 6) is 0. The lowest BCUT2D eigenvalue weighted by atomic mass is 10.1. The van der Waals surface area contributed by atoms with Crippen LogP contribution in [0, 0.1) is 0 Å². The molecule has 0 fully saturated rings. The zero-order chi connectivity index (χ0) is 10.1. The predicted molar refractivity (Wildman–Crippen MR) is 61.3 cm³/mol. The van der Waals surface area contributed by atoms with Crippen molar-refractivity contribution >= 4 is 17.3 Å². The summed E-state index contributed by atoms with van der Waals surface area (Å²) >= 11 is 6.15. The van der Waals surface area contributed by atoms with Crippen LogP contribution >= 0.6 is 11.6 Å². The monoisotopic (exact) mass is 210 g/mol. The van der Waals surface area contributed by atoms with Gasteiger partial charge in [0.25, 0.3) is 0 Å². The number of benzene rings is 1. The number of likely N-dealkylation sites (N-methyl/N-ethyl adjacent to an activating group) is 2. The largest absolute Gasteiger partial charge is 0.370 e. The van der Waals surface area contributed by atoms with Crippen molar-refractivity contribution in [2.75, 3.05) is 25.5 Å². The Labute approximate surface area is 89.9 Å². The van der Waals surface area contributed by atoms with Crippen LogP contribution in [0.25, 0.3) is 0 Å². The number of nitrogens with zero attached hydrogens (tertiary/aromatic N) is 1. The van der Waals surface area contributed by atoms with Gasteiger partial charge in [-0.05, 0) is 31.2 Å². The first kappa shape index (κ1) is 9.81. The number of halogens is 1. The fourth-order valence-electron chi connectivity index (χ4n) is 2.09. The Hall–Kier alpha value is -0.730. The summed E-state index contributed by atoms with van der Waals surface area (Å²) in [6.45, 7) is 1.00. The van der Waals surface area contributed by atoms with Gasteiger partial charge < -0.3 is 10.2 Å². The third-order valence-corrected chi connectivity index (χ3v) is 3.26. The van der Waals surface area contributed by atoms with Gasteiger partial charge in [-0.25, -0.2) is 0 Å². The Morgan fingerprint density at radius 2 is 2.36 bits per heavy atom. The Morgan fingerprint density at radius 3 is 3.00 bits per heavy atom.